The third-order valence-corrected chi connectivity index (χ3v) is 5.60. The number of carbonyl (C=O) groups excluding carboxylic acids is 1. The molecule has 5 nitrogen and oxygen atoms in total. The molecular weight excluding hydrogens is 332 g/mol. The summed E-state index contributed by atoms with van der Waals surface area (Å²) in [6.45, 7) is 5.05. The molecule has 3 aromatic rings. The maximum Gasteiger partial charge on any atom is 0.264 e. The minimum atomic E-state index is 0.152. The largest absolute Gasteiger partial charge is 0.352 e. The Labute approximate surface area is 150 Å². The third kappa shape index (κ3) is 3.17. The van der Waals surface area contributed by atoms with E-state index in [9.17, 15) is 4.79 Å². The van der Waals surface area contributed by atoms with E-state index in [0.717, 1.165) is 53.7 Å². The molecule has 1 aliphatic rings. The molecule has 6 heteroatoms. The van der Waals surface area contributed by atoms with Crippen LogP contribution < -0.4 is 4.90 Å². The zero-order valence-electron chi connectivity index (χ0n) is 14.1. The summed E-state index contributed by atoms with van der Waals surface area (Å²) >= 11 is 1.53. The molecule has 1 amide bonds. The van der Waals surface area contributed by atoms with Crippen molar-refractivity contribution >= 4 is 23.1 Å². The quantitative estimate of drug-likeness (QED) is 0.786. The summed E-state index contributed by atoms with van der Waals surface area (Å²) in [7, 11) is 0. The van der Waals surface area contributed by atoms with E-state index >= 15 is 0 Å². The molecule has 3 heterocycles. The van der Waals surface area contributed by atoms with Gasteiger partial charge in [-0.05, 0) is 29.5 Å². The van der Waals surface area contributed by atoms with E-state index in [-0.39, 0.29) is 5.91 Å². The van der Waals surface area contributed by atoms with Crippen molar-refractivity contribution in [2.75, 3.05) is 31.1 Å². The molecule has 1 aliphatic heterocycles. The standard InChI is InChI=1S/C19H20N4OS/c1-14-7-12-25-18(14)19(24)23-10-8-22(9-11-23)17-13-16(20-21-17)15-5-3-2-4-6-15/h2-7,12-13H,8-11H2,1H3,(H,20,21). The van der Waals surface area contributed by atoms with Gasteiger partial charge in [0.15, 0.2) is 5.82 Å². The van der Waals surface area contributed by atoms with Gasteiger partial charge in [0.2, 0.25) is 0 Å². The van der Waals surface area contributed by atoms with Gasteiger partial charge in [-0.3, -0.25) is 9.89 Å². The number of anilines is 1. The molecule has 0 aliphatic carbocycles. The second kappa shape index (κ2) is 6.72. The normalized spacial score (nSPS) is 14.8. The van der Waals surface area contributed by atoms with Crippen molar-refractivity contribution in [3.63, 3.8) is 0 Å². The van der Waals surface area contributed by atoms with Gasteiger partial charge < -0.3 is 9.80 Å². The lowest BCUT2D eigenvalue weighted by Crippen LogP contribution is -2.48. The van der Waals surface area contributed by atoms with Crippen LogP contribution in [0, 0.1) is 6.92 Å². The van der Waals surface area contributed by atoms with Crippen molar-refractivity contribution in [2.45, 2.75) is 6.92 Å². The topological polar surface area (TPSA) is 52.2 Å². The molecule has 0 radical (unpaired) electrons. The number of rotatable bonds is 3. The van der Waals surface area contributed by atoms with Crippen LogP contribution in [0.15, 0.2) is 47.8 Å². The van der Waals surface area contributed by atoms with Crippen molar-refractivity contribution in [1.82, 2.24) is 15.1 Å². The fourth-order valence-electron chi connectivity index (χ4n) is 3.11. The maximum atomic E-state index is 12.6. The number of benzene rings is 1. The highest BCUT2D eigenvalue weighted by molar-refractivity contribution is 7.12. The highest BCUT2D eigenvalue weighted by Crippen LogP contribution is 2.23. The molecular formula is C19H20N4OS. The van der Waals surface area contributed by atoms with E-state index in [1.807, 2.05) is 41.5 Å². The van der Waals surface area contributed by atoms with Crippen LogP contribution in [0.2, 0.25) is 0 Å². The average Bonchev–Trinajstić information content (AvgIpc) is 3.31. The van der Waals surface area contributed by atoms with E-state index in [4.69, 9.17) is 0 Å². The molecule has 1 aromatic carbocycles. The van der Waals surface area contributed by atoms with Gasteiger partial charge in [0.1, 0.15) is 0 Å². The van der Waals surface area contributed by atoms with E-state index in [1.165, 1.54) is 11.3 Å². The van der Waals surface area contributed by atoms with Crippen LogP contribution >= 0.6 is 11.3 Å². The van der Waals surface area contributed by atoms with Gasteiger partial charge in [0.25, 0.3) is 5.91 Å². The number of aromatic nitrogens is 2. The van der Waals surface area contributed by atoms with Crippen LogP contribution in [0.5, 0.6) is 0 Å². The first-order chi connectivity index (χ1) is 12.2. The number of aromatic amines is 1. The lowest BCUT2D eigenvalue weighted by atomic mass is 10.1. The zero-order valence-corrected chi connectivity index (χ0v) is 14.9. The monoisotopic (exact) mass is 352 g/mol. The Morgan fingerprint density at radius 3 is 2.56 bits per heavy atom. The van der Waals surface area contributed by atoms with Crippen LogP contribution in [-0.2, 0) is 0 Å². The van der Waals surface area contributed by atoms with Crippen molar-refractivity contribution in [2.24, 2.45) is 0 Å². The van der Waals surface area contributed by atoms with Crippen LogP contribution in [0.25, 0.3) is 11.3 Å². The van der Waals surface area contributed by atoms with E-state index in [2.05, 4.69) is 33.3 Å². The third-order valence-electron chi connectivity index (χ3n) is 4.60. The van der Waals surface area contributed by atoms with Crippen molar-refractivity contribution in [1.29, 1.82) is 0 Å². The smallest absolute Gasteiger partial charge is 0.264 e. The molecule has 4 rings (SSSR count). The maximum absolute atomic E-state index is 12.6. The van der Waals surface area contributed by atoms with Gasteiger partial charge in [-0.1, -0.05) is 30.3 Å². The lowest BCUT2D eigenvalue weighted by Gasteiger charge is -2.34. The molecule has 1 N–H and O–H groups in total. The van der Waals surface area contributed by atoms with Gasteiger partial charge in [-0.2, -0.15) is 5.10 Å². The molecule has 2 aromatic heterocycles. The van der Waals surface area contributed by atoms with Crippen LogP contribution in [0.3, 0.4) is 0 Å². The van der Waals surface area contributed by atoms with Gasteiger partial charge >= 0.3 is 0 Å². The first-order valence-corrected chi connectivity index (χ1v) is 9.29. The van der Waals surface area contributed by atoms with Gasteiger partial charge in [-0.25, -0.2) is 0 Å². The second-order valence-electron chi connectivity index (χ2n) is 6.22. The Morgan fingerprint density at radius 1 is 1.12 bits per heavy atom. The summed E-state index contributed by atoms with van der Waals surface area (Å²) in [6, 6.07) is 14.3. The van der Waals surface area contributed by atoms with Crippen molar-refractivity contribution in [3.05, 3.63) is 58.3 Å². The number of aryl methyl sites for hydroxylation is 1. The minimum absolute atomic E-state index is 0.152. The van der Waals surface area contributed by atoms with Gasteiger partial charge in [0, 0.05) is 32.2 Å². The predicted molar refractivity (Wildman–Crippen MR) is 101 cm³/mol. The summed E-state index contributed by atoms with van der Waals surface area (Å²) in [4.78, 5) is 17.6. The Morgan fingerprint density at radius 2 is 1.88 bits per heavy atom. The zero-order chi connectivity index (χ0) is 17.2. The van der Waals surface area contributed by atoms with Crippen LogP contribution in [-0.4, -0.2) is 47.2 Å². The number of H-pyrrole nitrogens is 1. The van der Waals surface area contributed by atoms with Gasteiger partial charge in [-0.15, -0.1) is 11.3 Å². The van der Waals surface area contributed by atoms with E-state index in [1.54, 1.807) is 0 Å². The second-order valence-corrected chi connectivity index (χ2v) is 7.13. The number of nitrogens with zero attached hydrogens (tertiary/aromatic N) is 3. The Balaban J connectivity index is 1.42. The lowest BCUT2D eigenvalue weighted by molar-refractivity contribution is 0.0751. The predicted octanol–water partition coefficient (Wildman–Crippen LogP) is 3.41. The SMILES string of the molecule is Cc1ccsc1C(=O)N1CCN(c2cc(-c3ccccc3)[nH]n2)CC1. The molecule has 1 saturated heterocycles. The van der Waals surface area contributed by atoms with Crippen molar-refractivity contribution in [3.8, 4) is 11.3 Å². The average molecular weight is 352 g/mol. The molecule has 128 valence electrons. The first kappa shape index (κ1) is 15.9. The highest BCUT2D eigenvalue weighted by Gasteiger charge is 2.25. The molecule has 1 fully saturated rings. The molecule has 25 heavy (non-hydrogen) atoms. The first-order valence-electron chi connectivity index (χ1n) is 8.41. The summed E-state index contributed by atoms with van der Waals surface area (Å²) in [5.74, 6) is 1.09. The Hall–Kier alpha value is -2.60. The van der Waals surface area contributed by atoms with Crippen molar-refractivity contribution < 1.29 is 4.79 Å². The number of piperazine rings is 1. The fourth-order valence-corrected chi connectivity index (χ4v) is 4.00. The molecule has 0 spiro atoms. The van der Waals surface area contributed by atoms with Gasteiger partial charge in [0.05, 0.1) is 10.6 Å². The summed E-state index contributed by atoms with van der Waals surface area (Å²) in [5, 5.41) is 9.54. The number of carbonyl (C=O) groups is 1. The number of amides is 1. The molecule has 0 atom stereocenters. The Bertz CT molecular complexity index is 862. The fraction of sp³-hybridized carbons (Fsp3) is 0.263. The van der Waals surface area contributed by atoms with E-state index in [0.29, 0.717) is 0 Å². The van der Waals surface area contributed by atoms with Crippen LogP contribution in [0.1, 0.15) is 15.2 Å². The van der Waals surface area contributed by atoms with Crippen LogP contribution in [0.4, 0.5) is 5.82 Å². The summed E-state index contributed by atoms with van der Waals surface area (Å²) in [5.41, 5.74) is 3.21. The highest BCUT2D eigenvalue weighted by atomic mass is 32.1. The molecule has 0 bridgehead atoms. The number of nitrogens with one attached hydrogen (secondary N) is 1. The van der Waals surface area contributed by atoms with E-state index < -0.39 is 0 Å². The summed E-state index contributed by atoms with van der Waals surface area (Å²) < 4.78 is 0. The number of hydrogen-bond acceptors (Lipinski definition) is 4. The summed E-state index contributed by atoms with van der Waals surface area (Å²) in [6.07, 6.45) is 0. The minimum Gasteiger partial charge on any atom is -0.352 e. The number of thiophene rings is 1. The molecule has 0 saturated carbocycles. The number of hydrogen-bond donors (Lipinski definition) is 1. The Kier molecular flexibility index (Phi) is 4.28. The molecule has 0 unspecified atom stereocenters.